The van der Waals surface area contributed by atoms with Crippen LogP contribution in [0.1, 0.15) is 35.2 Å². The zero-order chi connectivity index (χ0) is 14.0. The summed E-state index contributed by atoms with van der Waals surface area (Å²) in [6.45, 7) is 0. The first kappa shape index (κ1) is 14.4. The summed E-state index contributed by atoms with van der Waals surface area (Å²) in [5, 5.41) is 2.84. The lowest BCUT2D eigenvalue weighted by Gasteiger charge is -2.16. The Kier molecular flexibility index (Phi) is 4.18. The van der Waals surface area contributed by atoms with Gasteiger partial charge in [-0.3, -0.25) is 4.79 Å². The van der Waals surface area contributed by atoms with Crippen LogP contribution in [0.3, 0.4) is 0 Å². The summed E-state index contributed by atoms with van der Waals surface area (Å²) in [5.74, 6) is -0.329. The molecule has 0 saturated heterocycles. The Morgan fingerprint density at radius 3 is 2.32 bits per heavy atom. The number of carbonyl (C=O) groups is 1. The minimum absolute atomic E-state index is 0.0507. The van der Waals surface area contributed by atoms with Crippen molar-refractivity contribution in [3.05, 3.63) is 35.4 Å². The largest absolute Gasteiger partial charge is 0.416 e. The van der Waals surface area contributed by atoms with Gasteiger partial charge >= 0.3 is 6.18 Å². The highest BCUT2D eigenvalue weighted by Crippen LogP contribution is 2.29. The molecule has 1 aliphatic carbocycles. The van der Waals surface area contributed by atoms with Gasteiger partial charge in [-0.2, -0.15) is 13.2 Å². The zero-order valence-electron chi connectivity index (χ0n) is 10.0. The van der Waals surface area contributed by atoms with Gasteiger partial charge in [-0.05, 0) is 37.1 Å². The molecular formula is C13H13BrF3NO. The Hall–Kier alpha value is -1.04. The lowest BCUT2D eigenvalue weighted by molar-refractivity contribution is -0.137. The first-order valence-electron chi connectivity index (χ1n) is 6.00. The predicted octanol–water partition coefficient (Wildman–Crippen LogP) is 3.75. The summed E-state index contributed by atoms with van der Waals surface area (Å²) in [6.07, 6.45) is -1.45. The molecule has 19 heavy (non-hydrogen) atoms. The van der Waals surface area contributed by atoms with Crippen LogP contribution in [0.25, 0.3) is 0 Å². The average molecular weight is 336 g/mol. The number of hydrogen-bond donors (Lipinski definition) is 1. The van der Waals surface area contributed by atoms with E-state index in [1.165, 1.54) is 12.1 Å². The minimum Gasteiger partial charge on any atom is -0.348 e. The van der Waals surface area contributed by atoms with Gasteiger partial charge < -0.3 is 5.32 Å². The van der Waals surface area contributed by atoms with Crippen LogP contribution < -0.4 is 5.32 Å². The van der Waals surface area contributed by atoms with E-state index in [4.69, 9.17) is 0 Å². The zero-order valence-corrected chi connectivity index (χ0v) is 11.6. The van der Waals surface area contributed by atoms with Gasteiger partial charge in [-0.15, -0.1) is 0 Å². The van der Waals surface area contributed by atoms with E-state index in [2.05, 4.69) is 21.2 Å². The topological polar surface area (TPSA) is 29.1 Å². The van der Waals surface area contributed by atoms with Gasteiger partial charge in [0.1, 0.15) is 0 Å². The number of alkyl halides is 4. The number of halogens is 4. The van der Waals surface area contributed by atoms with E-state index in [1.807, 2.05) is 0 Å². The van der Waals surface area contributed by atoms with Crippen LogP contribution in [0.2, 0.25) is 0 Å². The molecule has 1 aromatic carbocycles. The number of hydrogen-bond acceptors (Lipinski definition) is 1. The molecule has 0 bridgehead atoms. The summed E-state index contributed by atoms with van der Waals surface area (Å²) >= 11 is 3.48. The maximum Gasteiger partial charge on any atom is 0.416 e. The van der Waals surface area contributed by atoms with Crippen molar-refractivity contribution < 1.29 is 18.0 Å². The first-order chi connectivity index (χ1) is 8.88. The summed E-state index contributed by atoms with van der Waals surface area (Å²) in [6, 6.07) is 4.31. The van der Waals surface area contributed by atoms with Gasteiger partial charge in [0.2, 0.25) is 0 Å². The van der Waals surface area contributed by atoms with E-state index < -0.39 is 11.7 Å². The number of rotatable bonds is 2. The number of carbonyl (C=O) groups excluding carboxylic acids is 1. The van der Waals surface area contributed by atoms with Crippen molar-refractivity contribution in [1.82, 2.24) is 5.32 Å². The highest BCUT2D eigenvalue weighted by Gasteiger charge is 2.30. The smallest absolute Gasteiger partial charge is 0.348 e. The van der Waals surface area contributed by atoms with Crippen molar-refractivity contribution in [2.24, 2.45) is 0 Å². The van der Waals surface area contributed by atoms with Gasteiger partial charge in [0, 0.05) is 16.4 Å². The lowest BCUT2D eigenvalue weighted by atomic mass is 10.1. The third kappa shape index (κ3) is 3.49. The SMILES string of the molecule is O=C(NC1CCCC1Br)c1ccc(C(F)(F)F)cc1. The normalized spacial score (nSPS) is 23.4. The maximum atomic E-state index is 12.4. The Bertz CT molecular complexity index is 458. The maximum absolute atomic E-state index is 12.4. The molecule has 2 rings (SSSR count). The first-order valence-corrected chi connectivity index (χ1v) is 6.91. The van der Waals surface area contributed by atoms with Crippen LogP contribution in [0.4, 0.5) is 13.2 Å². The Labute approximate surface area is 117 Å². The average Bonchev–Trinajstić information content (AvgIpc) is 2.74. The van der Waals surface area contributed by atoms with Crippen molar-refractivity contribution in [1.29, 1.82) is 0 Å². The standard InChI is InChI=1S/C13H13BrF3NO/c14-10-2-1-3-11(10)18-12(19)8-4-6-9(7-5-8)13(15,16)17/h4-7,10-11H,1-3H2,(H,18,19). The number of amides is 1. The highest BCUT2D eigenvalue weighted by molar-refractivity contribution is 9.09. The molecule has 1 saturated carbocycles. The highest BCUT2D eigenvalue weighted by atomic mass is 79.9. The van der Waals surface area contributed by atoms with E-state index >= 15 is 0 Å². The molecule has 2 nitrogen and oxygen atoms in total. The second-order valence-electron chi connectivity index (χ2n) is 4.60. The molecule has 6 heteroatoms. The molecule has 1 aliphatic rings. The molecule has 0 aliphatic heterocycles. The molecule has 1 aromatic rings. The van der Waals surface area contributed by atoms with E-state index in [1.54, 1.807) is 0 Å². The number of nitrogens with one attached hydrogen (secondary N) is 1. The number of benzene rings is 1. The summed E-state index contributed by atoms with van der Waals surface area (Å²) < 4.78 is 37.2. The van der Waals surface area contributed by atoms with E-state index in [-0.39, 0.29) is 22.3 Å². The molecule has 0 heterocycles. The molecule has 1 amide bonds. The molecule has 2 atom stereocenters. The van der Waals surface area contributed by atoms with Crippen LogP contribution in [-0.4, -0.2) is 16.8 Å². The van der Waals surface area contributed by atoms with E-state index in [9.17, 15) is 18.0 Å². The minimum atomic E-state index is -4.37. The molecule has 1 N–H and O–H groups in total. The molecule has 0 spiro atoms. The van der Waals surface area contributed by atoms with Crippen LogP contribution in [0.15, 0.2) is 24.3 Å². The lowest BCUT2D eigenvalue weighted by Crippen LogP contribution is -2.37. The summed E-state index contributed by atoms with van der Waals surface area (Å²) in [7, 11) is 0. The van der Waals surface area contributed by atoms with Gasteiger partial charge in [0.25, 0.3) is 5.91 Å². The molecule has 1 fully saturated rings. The molecule has 0 radical (unpaired) electrons. The molecule has 2 unspecified atom stereocenters. The molecular weight excluding hydrogens is 323 g/mol. The van der Waals surface area contributed by atoms with Crippen molar-refractivity contribution in [3.63, 3.8) is 0 Å². The van der Waals surface area contributed by atoms with Crippen molar-refractivity contribution in [2.45, 2.75) is 36.3 Å². The van der Waals surface area contributed by atoms with Gasteiger partial charge in [0.15, 0.2) is 0 Å². The van der Waals surface area contributed by atoms with Crippen molar-refractivity contribution in [2.75, 3.05) is 0 Å². The van der Waals surface area contributed by atoms with Crippen LogP contribution in [0.5, 0.6) is 0 Å². The predicted molar refractivity (Wildman–Crippen MR) is 69.3 cm³/mol. The second kappa shape index (κ2) is 5.53. The van der Waals surface area contributed by atoms with Gasteiger partial charge in [-0.25, -0.2) is 0 Å². The van der Waals surface area contributed by atoms with Gasteiger partial charge in [-0.1, -0.05) is 22.4 Å². The molecule has 104 valence electrons. The second-order valence-corrected chi connectivity index (χ2v) is 5.78. The fourth-order valence-electron chi connectivity index (χ4n) is 2.14. The fourth-order valence-corrected chi connectivity index (χ4v) is 2.86. The van der Waals surface area contributed by atoms with Gasteiger partial charge in [0.05, 0.1) is 5.56 Å². The monoisotopic (exact) mass is 335 g/mol. The Balaban J connectivity index is 2.03. The fraction of sp³-hybridized carbons (Fsp3) is 0.462. The van der Waals surface area contributed by atoms with Crippen molar-refractivity contribution >= 4 is 21.8 Å². The summed E-state index contributed by atoms with van der Waals surface area (Å²) in [4.78, 5) is 12.1. The van der Waals surface area contributed by atoms with E-state index in [0.717, 1.165) is 31.4 Å². The quantitative estimate of drug-likeness (QED) is 0.819. The van der Waals surface area contributed by atoms with Crippen molar-refractivity contribution in [3.8, 4) is 0 Å². The Morgan fingerprint density at radius 2 is 1.84 bits per heavy atom. The van der Waals surface area contributed by atoms with Crippen LogP contribution in [0, 0.1) is 0 Å². The van der Waals surface area contributed by atoms with Crippen LogP contribution in [-0.2, 0) is 6.18 Å². The third-order valence-corrected chi connectivity index (χ3v) is 4.32. The molecule has 0 aromatic heterocycles. The Morgan fingerprint density at radius 1 is 1.21 bits per heavy atom. The van der Waals surface area contributed by atoms with E-state index in [0.29, 0.717) is 0 Å². The summed E-state index contributed by atoms with van der Waals surface area (Å²) in [5.41, 5.74) is -0.497. The third-order valence-electron chi connectivity index (χ3n) is 3.22. The van der Waals surface area contributed by atoms with Crippen LogP contribution >= 0.6 is 15.9 Å².